The van der Waals surface area contributed by atoms with E-state index < -0.39 is 0 Å². The Balaban J connectivity index is 1.58. The maximum Gasteiger partial charge on any atom is 0.147 e. The molecule has 0 atom stereocenters. The van der Waals surface area contributed by atoms with Crippen molar-refractivity contribution in [1.82, 2.24) is 14.9 Å². The summed E-state index contributed by atoms with van der Waals surface area (Å²) in [7, 11) is 0. The third kappa shape index (κ3) is 1.89. The molecule has 3 rings (SSSR count). The van der Waals surface area contributed by atoms with Gasteiger partial charge in [0, 0.05) is 44.6 Å². The molecular weight excluding hydrogens is 200 g/mol. The van der Waals surface area contributed by atoms with Gasteiger partial charge in [0.25, 0.3) is 0 Å². The highest BCUT2D eigenvalue weighted by Crippen LogP contribution is 2.26. The van der Waals surface area contributed by atoms with Crippen molar-refractivity contribution in [2.75, 3.05) is 31.1 Å². The molecule has 0 unspecified atom stereocenters. The molecule has 2 fully saturated rings. The van der Waals surface area contributed by atoms with Gasteiger partial charge in [0.05, 0.1) is 6.20 Å². The van der Waals surface area contributed by atoms with Gasteiger partial charge in [-0.2, -0.15) is 0 Å². The summed E-state index contributed by atoms with van der Waals surface area (Å²) in [5.41, 5.74) is 0. The molecule has 1 aromatic heterocycles. The van der Waals surface area contributed by atoms with Crippen molar-refractivity contribution in [2.24, 2.45) is 0 Å². The van der Waals surface area contributed by atoms with Gasteiger partial charge < -0.3 is 4.90 Å². The molecule has 0 aromatic carbocycles. The van der Waals surface area contributed by atoms with Gasteiger partial charge >= 0.3 is 0 Å². The summed E-state index contributed by atoms with van der Waals surface area (Å²) in [5, 5.41) is 0. The molecule has 0 spiro atoms. The summed E-state index contributed by atoms with van der Waals surface area (Å²) in [6, 6.07) is 0.879. The fourth-order valence-corrected chi connectivity index (χ4v) is 2.52. The molecule has 86 valence electrons. The third-order valence-electron chi connectivity index (χ3n) is 3.78. The minimum absolute atomic E-state index is 0.879. The first kappa shape index (κ1) is 10.0. The Hall–Kier alpha value is -1.16. The second kappa shape index (κ2) is 4.37. The zero-order valence-electron chi connectivity index (χ0n) is 9.55. The van der Waals surface area contributed by atoms with E-state index in [4.69, 9.17) is 0 Å². The van der Waals surface area contributed by atoms with Crippen molar-refractivity contribution in [1.29, 1.82) is 0 Å². The van der Waals surface area contributed by atoms with Crippen molar-refractivity contribution in [2.45, 2.75) is 25.3 Å². The first-order valence-corrected chi connectivity index (χ1v) is 6.18. The highest BCUT2D eigenvalue weighted by Gasteiger charge is 2.28. The van der Waals surface area contributed by atoms with Crippen molar-refractivity contribution in [3.8, 4) is 0 Å². The largest absolute Gasteiger partial charge is 0.353 e. The maximum absolute atomic E-state index is 4.35. The smallest absolute Gasteiger partial charge is 0.147 e. The van der Waals surface area contributed by atoms with E-state index >= 15 is 0 Å². The van der Waals surface area contributed by atoms with Crippen LogP contribution in [0.5, 0.6) is 0 Å². The second-order valence-electron chi connectivity index (χ2n) is 4.67. The highest BCUT2D eigenvalue weighted by molar-refractivity contribution is 5.35. The lowest BCUT2D eigenvalue weighted by atomic mass is 9.91. The summed E-state index contributed by atoms with van der Waals surface area (Å²) >= 11 is 0. The molecule has 0 radical (unpaired) electrons. The molecule has 2 aliphatic rings. The Kier molecular flexibility index (Phi) is 2.74. The molecule has 1 saturated carbocycles. The first-order valence-electron chi connectivity index (χ1n) is 6.18. The molecule has 4 nitrogen and oxygen atoms in total. The highest BCUT2D eigenvalue weighted by atomic mass is 15.3. The van der Waals surface area contributed by atoms with E-state index in [1.807, 2.05) is 6.20 Å². The molecule has 0 N–H and O–H groups in total. The lowest BCUT2D eigenvalue weighted by Gasteiger charge is -2.43. The van der Waals surface area contributed by atoms with Crippen molar-refractivity contribution in [3.05, 3.63) is 18.6 Å². The van der Waals surface area contributed by atoms with Crippen LogP contribution in [0.25, 0.3) is 0 Å². The van der Waals surface area contributed by atoms with Crippen molar-refractivity contribution >= 4 is 5.82 Å². The average Bonchev–Trinajstić information content (AvgIpc) is 2.29. The molecule has 2 heterocycles. The predicted octanol–water partition coefficient (Wildman–Crippen LogP) is 1.15. The van der Waals surface area contributed by atoms with Gasteiger partial charge in [-0.1, -0.05) is 6.42 Å². The molecule has 1 aliphatic carbocycles. The quantitative estimate of drug-likeness (QED) is 0.745. The summed E-state index contributed by atoms with van der Waals surface area (Å²) in [6.07, 6.45) is 9.60. The monoisotopic (exact) mass is 218 g/mol. The summed E-state index contributed by atoms with van der Waals surface area (Å²) < 4.78 is 0. The van der Waals surface area contributed by atoms with Crippen LogP contribution in [0.4, 0.5) is 5.82 Å². The Bertz CT molecular complexity index is 328. The van der Waals surface area contributed by atoms with Crippen LogP contribution in [-0.2, 0) is 0 Å². The number of rotatable bonds is 2. The number of hydrogen-bond donors (Lipinski definition) is 0. The third-order valence-corrected chi connectivity index (χ3v) is 3.78. The van der Waals surface area contributed by atoms with E-state index in [1.54, 1.807) is 12.4 Å². The fraction of sp³-hybridized carbons (Fsp3) is 0.667. The van der Waals surface area contributed by atoms with Gasteiger partial charge in [0.2, 0.25) is 0 Å². The summed E-state index contributed by atoms with van der Waals surface area (Å²) in [4.78, 5) is 13.4. The molecule has 1 saturated heterocycles. The summed E-state index contributed by atoms with van der Waals surface area (Å²) in [5.74, 6) is 1.02. The number of hydrogen-bond acceptors (Lipinski definition) is 4. The topological polar surface area (TPSA) is 32.3 Å². The van der Waals surface area contributed by atoms with Crippen LogP contribution >= 0.6 is 0 Å². The van der Waals surface area contributed by atoms with Gasteiger partial charge in [-0.05, 0) is 12.8 Å². The SMILES string of the molecule is c1cnc(N2CCN(C3CCC3)CC2)cn1. The number of nitrogens with zero attached hydrogens (tertiary/aromatic N) is 4. The maximum atomic E-state index is 4.35. The molecule has 4 heteroatoms. The van der Waals surface area contributed by atoms with E-state index in [1.165, 1.54) is 32.4 Å². The van der Waals surface area contributed by atoms with E-state index in [0.29, 0.717) is 0 Å². The standard InChI is InChI=1S/C12H18N4/c1-2-11(3-1)15-6-8-16(9-7-15)12-10-13-4-5-14-12/h4-5,10-11H,1-3,6-9H2. The molecule has 16 heavy (non-hydrogen) atoms. The molecule has 0 amide bonds. The van der Waals surface area contributed by atoms with Gasteiger partial charge in [-0.3, -0.25) is 9.88 Å². The zero-order chi connectivity index (χ0) is 10.8. The second-order valence-corrected chi connectivity index (χ2v) is 4.67. The Morgan fingerprint density at radius 3 is 2.44 bits per heavy atom. The van der Waals surface area contributed by atoms with Gasteiger partial charge in [-0.25, -0.2) is 4.98 Å². The number of aromatic nitrogens is 2. The molecule has 0 bridgehead atoms. The van der Waals surface area contributed by atoms with Crippen LogP contribution < -0.4 is 4.90 Å². The van der Waals surface area contributed by atoms with Crippen molar-refractivity contribution < 1.29 is 0 Å². The number of anilines is 1. The average molecular weight is 218 g/mol. The van der Waals surface area contributed by atoms with E-state index in [0.717, 1.165) is 24.9 Å². The minimum Gasteiger partial charge on any atom is -0.353 e. The first-order chi connectivity index (χ1) is 7.93. The Morgan fingerprint density at radius 1 is 1.06 bits per heavy atom. The van der Waals surface area contributed by atoms with Crippen LogP contribution in [0.15, 0.2) is 18.6 Å². The Labute approximate surface area is 96.3 Å². The van der Waals surface area contributed by atoms with E-state index in [9.17, 15) is 0 Å². The number of piperazine rings is 1. The lowest BCUT2D eigenvalue weighted by Crippen LogP contribution is -2.52. The predicted molar refractivity (Wildman–Crippen MR) is 63.5 cm³/mol. The van der Waals surface area contributed by atoms with Crippen LogP contribution in [-0.4, -0.2) is 47.1 Å². The Morgan fingerprint density at radius 2 is 1.88 bits per heavy atom. The van der Waals surface area contributed by atoms with Crippen molar-refractivity contribution in [3.63, 3.8) is 0 Å². The van der Waals surface area contributed by atoms with E-state index in [2.05, 4.69) is 19.8 Å². The molecular formula is C12H18N4. The van der Waals surface area contributed by atoms with E-state index in [-0.39, 0.29) is 0 Å². The van der Waals surface area contributed by atoms with Crippen LogP contribution in [0.3, 0.4) is 0 Å². The van der Waals surface area contributed by atoms with Crippen LogP contribution in [0, 0.1) is 0 Å². The molecule has 1 aliphatic heterocycles. The van der Waals surface area contributed by atoms with Gasteiger partial charge in [0.15, 0.2) is 0 Å². The van der Waals surface area contributed by atoms with Crippen LogP contribution in [0.2, 0.25) is 0 Å². The van der Waals surface area contributed by atoms with Gasteiger partial charge in [0.1, 0.15) is 5.82 Å². The molecule has 1 aromatic rings. The minimum atomic E-state index is 0.879. The normalized spacial score (nSPS) is 23.1. The van der Waals surface area contributed by atoms with Crippen LogP contribution in [0.1, 0.15) is 19.3 Å². The zero-order valence-corrected chi connectivity index (χ0v) is 9.55. The fourth-order valence-electron chi connectivity index (χ4n) is 2.52. The summed E-state index contributed by atoms with van der Waals surface area (Å²) in [6.45, 7) is 4.55. The van der Waals surface area contributed by atoms with Gasteiger partial charge in [-0.15, -0.1) is 0 Å². The lowest BCUT2D eigenvalue weighted by molar-refractivity contribution is 0.120.